The summed E-state index contributed by atoms with van der Waals surface area (Å²) in [6, 6.07) is 12.2. The Morgan fingerprint density at radius 3 is 2.29 bits per heavy atom. The molecule has 0 aliphatic rings. The van der Waals surface area contributed by atoms with Crippen LogP contribution in [0.5, 0.6) is 11.5 Å². The fourth-order valence-electron chi connectivity index (χ4n) is 4.36. The van der Waals surface area contributed by atoms with Crippen molar-refractivity contribution in [3.63, 3.8) is 0 Å². The third-order valence-corrected chi connectivity index (χ3v) is 6.24. The second-order valence-corrected chi connectivity index (χ2v) is 8.88. The lowest BCUT2D eigenvalue weighted by Gasteiger charge is -2.22. The van der Waals surface area contributed by atoms with E-state index >= 15 is 0 Å². The summed E-state index contributed by atoms with van der Waals surface area (Å²) in [6.07, 6.45) is -0.303. The van der Waals surface area contributed by atoms with Gasteiger partial charge in [0.1, 0.15) is 34.3 Å². The Kier molecular flexibility index (Phi) is 7.20. The van der Waals surface area contributed by atoms with Gasteiger partial charge >= 0.3 is 6.09 Å². The van der Waals surface area contributed by atoms with Gasteiger partial charge in [-0.05, 0) is 29.3 Å². The van der Waals surface area contributed by atoms with Crippen molar-refractivity contribution in [1.82, 2.24) is 24.7 Å². The van der Waals surface area contributed by atoms with E-state index in [1.165, 1.54) is 31.0 Å². The van der Waals surface area contributed by atoms with Crippen LogP contribution in [0.2, 0.25) is 0 Å². The van der Waals surface area contributed by atoms with Gasteiger partial charge in [-0.1, -0.05) is 18.2 Å². The zero-order valence-corrected chi connectivity index (χ0v) is 21.9. The summed E-state index contributed by atoms with van der Waals surface area (Å²) in [4.78, 5) is 25.8. The monoisotopic (exact) mass is 562 g/mol. The summed E-state index contributed by atoms with van der Waals surface area (Å²) < 4.78 is 40.3. The number of fused-ring (bicyclic) bond motifs is 1. The molecule has 3 aromatic heterocycles. The van der Waals surface area contributed by atoms with Crippen LogP contribution in [0.25, 0.3) is 17.0 Å². The number of anilines is 3. The van der Waals surface area contributed by atoms with Gasteiger partial charge in [0.25, 0.3) is 5.95 Å². The largest absolute Gasteiger partial charge is 0.497 e. The van der Waals surface area contributed by atoms with Crippen LogP contribution in [-0.2, 0) is 13.0 Å². The average Bonchev–Trinajstić information content (AvgIpc) is 3.30. The average molecular weight is 563 g/mol. The maximum Gasteiger partial charge on any atom is 0.412 e. The molecule has 0 aliphatic carbocycles. The molecule has 5 N–H and O–H groups in total. The van der Waals surface area contributed by atoms with E-state index in [9.17, 15) is 18.7 Å². The predicted molar refractivity (Wildman–Crippen MR) is 146 cm³/mol. The normalized spacial score (nSPS) is 11.0. The fourth-order valence-corrected chi connectivity index (χ4v) is 4.36. The Labute approximate surface area is 231 Å². The highest BCUT2D eigenvalue weighted by atomic mass is 19.1. The number of rotatable bonds is 8. The summed E-state index contributed by atoms with van der Waals surface area (Å²) in [5, 5.41) is 14.5. The van der Waals surface area contributed by atoms with Gasteiger partial charge < -0.3 is 26.0 Å². The van der Waals surface area contributed by atoms with Crippen molar-refractivity contribution < 1.29 is 28.2 Å². The standard InChI is InChI=1S/C27H24F2N8O4/c1-40-17-7-14(8-18(11-17)41-2)13-36(27(38)39)23-24(30)33-26(34-25(23)31)37-21-10-16(28)12-32-22(21)20(35-37)9-15-5-3-4-6-19(15)29/h3-8,10-12H,9,13H2,1-2H3,(H,38,39)(H4,30,31,33,34). The molecule has 210 valence electrons. The summed E-state index contributed by atoms with van der Waals surface area (Å²) >= 11 is 0. The van der Waals surface area contributed by atoms with Gasteiger partial charge in [-0.3, -0.25) is 4.90 Å². The summed E-state index contributed by atoms with van der Waals surface area (Å²) in [7, 11) is 2.94. The topological polar surface area (TPSA) is 168 Å². The molecule has 0 unspecified atom stereocenters. The zero-order valence-electron chi connectivity index (χ0n) is 21.9. The second kappa shape index (κ2) is 10.9. The molecule has 0 radical (unpaired) electrons. The SMILES string of the molecule is COc1cc(CN(C(=O)O)c2c(N)nc(-n3nc(Cc4ccccc4F)c4ncc(F)cc43)nc2N)cc(OC)c1. The number of nitrogens with two attached hydrogens (primary N) is 2. The van der Waals surface area contributed by atoms with Crippen molar-refractivity contribution >= 4 is 34.4 Å². The van der Waals surface area contributed by atoms with E-state index in [-0.39, 0.29) is 41.8 Å². The Morgan fingerprint density at radius 1 is 1.02 bits per heavy atom. The molecule has 0 atom stereocenters. The number of carboxylic acid groups (broad SMARTS) is 1. The van der Waals surface area contributed by atoms with Crippen LogP contribution in [0.3, 0.4) is 0 Å². The Balaban J connectivity index is 1.57. The number of nitrogens with zero attached hydrogens (tertiary/aromatic N) is 6. The summed E-state index contributed by atoms with van der Waals surface area (Å²) in [5.41, 5.74) is 14.0. The van der Waals surface area contributed by atoms with Crippen LogP contribution >= 0.6 is 0 Å². The molecule has 41 heavy (non-hydrogen) atoms. The molecule has 0 saturated heterocycles. The predicted octanol–water partition coefficient (Wildman–Crippen LogP) is 3.95. The highest BCUT2D eigenvalue weighted by Crippen LogP contribution is 2.32. The fraction of sp³-hybridized carbons (Fsp3) is 0.148. The molecule has 1 amide bonds. The van der Waals surface area contributed by atoms with Crippen molar-refractivity contribution in [2.45, 2.75) is 13.0 Å². The molecular formula is C27H24F2N8O4. The Hall–Kier alpha value is -5.53. The van der Waals surface area contributed by atoms with E-state index < -0.39 is 17.7 Å². The van der Waals surface area contributed by atoms with Gasteiger partial charge in [0, 0.05) is 18.6 Å². The van der Waals surface area contributed by atoms with Gasteiger partial charge in [0.05, 0.1) is 38.2 Å². The molecule has 3 heterocycles. The van der Waals surface area contributed by atoms with Crippen LogP contribution in [0.15, 0.2) is 54.7 Å². The molecule has 12 nitrogen and oxygen atoms in total. The molecule has 0 bridgehead atoms. The molecule has 5 aromatic rings. The van der Waals surface area contributed by atoms with Gasteiger partial charge in [-0.15, -0.1) is 0 Å². The minimum atomic E-state index is -1.37. The number of methoxy groups -OCH3 is 2. The smallest absolute Gasteiger partial charge is 0.412 e. The molecule has 0 spiro atoms. The van der Waals surface area contributed by atoms with E-state index in [2.05, 4.69) is 20.1 Å². The summed E-state index contributed by atoms with van der Waals surface area (Å²) in [6.45, 7) is -0.188. The number of hydrogen-bond donors (Lipinski definition) is 3. The number of benzene rings is 2. The molecule has 5 rings (SSSR count). The molecule has 0 fully saturated rings. The van der Waals surface area contributed by atoms with E-state index in [4.69, 9.17) is 20.9 Å². The van der Waals surface area contributed by atoms with Crippen molar-refractivity contribution in [2.24, 2.45) is 0 Å². The van der Waals surface area contributed by atoms with E-state index in [1.807, 2.05) is 0 Å². The number of aromatic nitrogens is 5. The number of hydrogen-bond acceptors (Lipinski definition) is 9. The van der Waals surface area contributed by atoms with Gasteiger partial charge in [-0.25, -0.2) is 18.6 Å². The molecular weight excluding hydrogens is 538 g/mol. The first kappa shape index (κ1) is 27.1. The van der Waals surface area contributed by atoms with Crippen molar-refractivity contribution in [2.75, 3.05) is 30.6 Å². The minimum absolute atomic E-state index is 0.0502. The Bertz CT molecular complexity index is 1730. The zero-order chi connectivity index (χ0) is 29.3. The number of amides is 1. The third kappa shape index (κ3) is 5.34. The van der Waals surface area contributed by atoms with Crippen LogP contribution < -0.4 is 25.8 Å². The number of pyridine rings is 1. The number of ether oxygens (including phenoxy) is 2. The first-order valence-corrected chi connectivity index (χ1v) is 12.1. The molecule has 2 aromatic carbocycles. The number of nitrogen functional groups attached to an aromatic ring is 2. The lowest BCUT2D eigenvalue weighted by Crippen LogP contribution is -2.31. The van der Waals surface area contributed by atoms with E-state index in [0.717, 1.165) is 11.1 Å². The van der Waals surface area contributed by atoms with Crippen LogP contribution in [0.1, 0.15) is 16.8 Å². The second-order valence-electron chi connectivity index (χ2n) is 8.88. The number of carbonyl (C=O) groups is 1. The quantitative estimate of drug-likeness (QED) is 0.252. The van der Waals surface area contributed by atoms with Crippen molar-refractivity contribution in [1.29, 1.82) is 0 Å². The third-order valence-electron chi connectivity index (χ3n) is 6.24. The van der Waals surface area contributed by atoms with Gasteiger partial charge in [-0.2, -0.15) is 19.7 Å². The van der Waals surface area contributed by atoms with Crippen LogP contribution in [0.4, 0.5) is 30.9 Å². The minimum Gasteiger partial charge on any atom is -0.497 e. The number of halogens is 2. The first-order chi connectivity index (χ1) is 19.7. The van der Waals surface area contributed by atoms with Crippen LogP contribution in [-0.4, -0.2) is 50.2 Å². The molecule has 0 aliphatic heterocycles. The molecule has 0 saturated carbocycles. The molecule has 14 heteroatoms. The maximum atomic E-state index is 14.4. The van der Waals surface area contributed by atoms with E-state index in [1.54, 1.807) is 36.4 Å². The summed E-state index contributed by atoms with van der Waals surface area (Å²) in [5.74, 6) is -0.880. The lowest BCUT2D eigenvalue weighted by atomic mass is 10.1. The highest BCUT2D eigenvalue weighted by Gasteiger charge is 2.25. The Morgan fingerprint density at radius 2 is 1.68 bits per heavy atom. The van der Waals surface area contributed by atoms with Gasteiger partial charge in [0.2, 0.25) is 0 Å². The van der Waals surface area contributed by atoms with Crippen molar-refractivity contribution in [3.8, 4) is 17.4 Å². The lowest BCUT2D eigenvalue weighted by molar-refractivity contribution is 0.201. The van der Waals surface area contributed by atoms with E-state index in [0.29, 0.717) is 33.8 Å². The van der Waals surface area contributed by atoms with Gasteiger partial charge in [0.15, 0.2) is 11.6 Å². The van der Waals surface area contributed by atoms with Crippen molar-refractivity contribution in [3.05, 3.63) is 83.2 Å². The van der Waals surface area contributed by atoms with Crippen LogP contribution in [0, 0.1) is 11.6 Å². The first-order valence-electron chi connectivity index (χ1n) is 12.1. The highest BCUT2D eigenvalue weighted by molar-refractivity contribution is 5.94. The maximum absolute atomic E-state index is 14.4.